The number of aliphatic imine (C=N–C) groups is 2. The first kappa shape index (κ1) is 21.9. The summed E-state index contributed by atoms with van der Waals surface area (Å²) in [6.07, 6.45) is -9.30. The highest BCUT2D eigenvalue weighted by atomic mass is 19.4. The Labute approximate surface area is 168 Å². The first-order valence-electron chi connectivity index (χ1n) is 9.26. The third-order valence-electron chi connectivity index (χ3n) is 4.60. The Bertz CT molecular complexity index is 887. The maximum atomic E-state index is 13.8. The van der Waals surface area contributed by atoms with Crippen molar-refractivity contribution in [2.75, 3.05) is 0 Å². The number of alkyl halides is 6. The molecular formula is C20H19F6N3O. The summed E-state index contributed by atoms with van der Waals surface area (Å²) >= 11 is 0. The van der Waals surface area contributed by atoms with Gasteiger partial charge in [0.1, 0.15) is 17.4 Å². The van der Waals surface area contributed by atoms with E-state index >= 15 is 0 Å². The molecule has 162 valence electrons. The van der Waals surface area contributed by atoms with E-state index in [0.29, 0.717) is 18.6 Å². The van der Waals surface area contributed by atoms with Gasteiger partial charge in [0, 0.05) is 12.0 Å². The summed E-state index contributed by atoms with van der Waals surface area (Å²) in [6.45, 7) is 1.68. The van der Waals surface area contributed by atoms with E-state index in [0.717, 1.165) is 0 Å². The van der Waals surface area contributed by atoms with Crippen molar-refractivity contribution in [1.82, 2.24) is 4.90 Å². The third-order valence-corrected chi connectivity index (χ3v) is 4.60. The molecule has 2 heterocycles. The predicted octanol–water partition coefficient (Wildman–Crippen LogP) is 5.95. The lowest BCUT2D eigenvalue weighted by Gasteiger charge is -2.39. The van der Waals surface area contributed by atoms with Crippen LogP contribution in [0.4, 0.5) is 26.3 Å². The molecule has 0 radical (unpaired) electrons. The van der Waals surface area contributed by atoms with Gasteiger partial charge in [0.25, 0.3) is 0 Å². The van der Waals surface area contributed by atoms with Crippen molar-refractivity contribution in [3.63, 3.8) is 0 Å². The van der Waals surface area contributed by atoms with Gasteiger partial charge in [0.15, 0.2) is 0 Å². The molecule has 4 nitrogen and oxygen atoms in total. The smallest absolute Gasteiger partial charge is 0.443 e. The predicted molar refractivity (Wildman–Crippen MR) is 99.0 cm³/mol. The van der Waals surface area contributed by atoms with Crippen molar-refractivity contribution in [1.29, 1.82) is 0 Å². The second-order valence-corrected chi connectivity index (χ2v) is 6.77. The molecule has 0 unspecified atom stereocenters. The lowest BCUT2D eigenvalue weighted by Crippen LogP contribution is -2.59. The van der Waals surface area contributed by atoms with Gasteiger partial charge in [-0.3, -0.25) is 0 Å². The summed E-state index contributed by atoms with van der Waals surface area (Å²) in [5.74, 6) is -0.436. The summed E-state index contributed by atoms with van der Waals surface area (Å²) in [4.78, 5) is 7.67. The average molecular weight is 431 g/mol. The van der Waals surface area contributed by atoms with Gasteiger partial charge in [-0.25, -0.2) is 9.98 Å². The summed E-state index contributed by atoms with van der Waals surface area (Å²) < 4.78 is 88.1. The molecule has 1 aromatic carbocycles. The number of amidine groups is 2. The largest absolute Gasteiger partial charge is 0.467 e. The molecule has 0 atom stereocenters. The standard InChI is InChI=1S/C20H19F6N3O/c1-2-3-11-16-27-18(19(21,22)23,20(24,25)26)28-17(14-8-5-4-6-9-14)29(16)13-15-10-7-12-30-15/h4-10,12H,2-3,11,13H2,1H3. The van der Waals surface area contributed by atoms with Gasteiger partial charge in [-0.1, -0.05) is 43.7 Å². The number of hydrogen-bond donors (Lipinski definition) is 0. The first-order chi connectivity index (χ1) is 14.1. The zero-order chi connectivity index (χ0) is 22.0. The Balaban J connectivity index is 2.24. The Morgan fingerprint density at radius 1 is 0.933 bits per heavy atom. The molecule has 0 bridgehead atoms. The third kappa shape index (κ3) is 4.08. The van der Waals surface area contributed by atoms with Crippen molar-refractivity contribution >= 4 is 11.7 Å². The van der Waals surface area contributed by atoms with Gasteiger partial charge in [-0.15, -0.1) is 0 Å². The minimum atomic E-state index is -5.76. The molecule has 0 amide bonds. The SMILES string of the molecule is CCCCC1=NC(C(F)(F)F)(C(F)(F)F)N=C(c2ccccc2)N1Cc1ccco1. The number of nitrogens with zero attached hydrogens (tertiary/aromatic N) is 3. The van der Waals surface area contributed by atoms with Crippen LogP contribution >= 0.6 is 0 Å². The second-order valence-electron chi connectivity index (χ2n) is 6.77. The Kier molecular flexibility index (Phi) is 5.96. The van der Waals surface area contributed by atoms with E-state index in [1.54, 1.807) is 25.1 Å². The van der Waals surface area contributed by atoms with E-state index < -0.39 is 23.9 Å². The monoisotopic (exact) mass is 431 g/mol. The van der Waals surface area contributed by atoms with Crippen LogP contribution in [0.5, 0.6) is 0 Å². The number of benzene rings is 1. The van der Waals surface area contributed by atoms with Crippen LogP contribution in [0.15, 0.2) is 63.1 Å². The molecular weight excluding hydrogens is 412 g/mol. The van der Waals surface area contributed by atoms with Crippen molar-refractivity contribution in [2.24, 2.45) is 9.98 Å². The minimum Gasteiger partial charge on any atom is -0.467 e. The van der Waals surface area contributed by atoms with E-state index in [1.165, 1.54) is 35.4 Å². The van der Waals surface area contributed by atoms with Crippen LogP contribution in [0.3, 0.4) is 0 Å². The maximum absolute atomic E-state index is 13.8. The molecule has 3 rings (SSSR count). The summed E-state index contributed by atoms with van der Waals surface area (Å²) in [7, 11) is 0. The van der Waals surface area contributed by atoms with Gasteiger partial charge >= 0.3 is 18.0 Å². The molecule has 1 aliphatic rings. The topological polar surface area (TPSA) is 41.1 Å². The summed E-state index contributed by atoms with van der Waals surface area (Å²) in [5.41, 5.74) is -4.45. The number of rotatable bonds is 6. The number of unbranched alkanes of at least 4 members (excludes halogenated alkanes) is 1. The van der Waals surface area contributed by atoms with E-state index in [4.69, 9.17) is 4.42 Å². The fourth-order valence-corrected chi connectivity index (χ4v) is 3.08. The zero-order valence-electron chi connectivity index (χ0n) is 16.0. The molecule has 0 saturated carbocycles. The average Bonchev–Trinajstić information content (AvgIpc) is 3.19. The molecule has 30 heavy (non-hydrogen) atoms. The summed E-state index contributed by atoms with van der Waals surface area (Å²) in [6, 6.07) is 10.6. The van der Waals surface area contributed by atoms with Crippen molar-refractivity contribution in [2.45, 2.75) is 50.7 Å². The van der Waals surface area contributed by atoms with Crippen molar-refractivity contribution in [3.8, 4) is 0 Å². The molecule has 1 aliphatic heterocycles. The van der Waals surface area contributed by atoms with Crippen molar-refractivity contribution in [3.05, 3.63) is 60.1 Å². The normalized spacial score (nSPS) is 17.0. The molecule has 0 aliphatic carbocycles. The van der Waals surface area contributed by atoms with E-state index in [2.05, 4.69) is 9.98 Å². The van der Waals surface area contributed by atoms with Crippen LogP contribution in [0.1, 0.15) is 37.5 Å². The number of furan rings is 1. The Hall–Kier alpha value is -2.78. The quantitative estimate of drug-likeness (QED) is 0.531. The number of halogens is 6. The highest BCUT2D eigenvalue weighted by Gasteiger charge is 2.73. The first-order valence-corrected chi connectivity index (χ1v) is 9.26. The van der Waals surface area contributed by atoms with Crippen LogP contribution in [-0.2, 0) is 6.54 Å². The second kappa shape index (κ2) is 8.16. The molecule has 10 heteroatoms. The zero-order valence-corrected chi connectivity index (χ0v) is 16.0. The van der Waals surface area contributed by atoms with E-state index in [1.807, 2.05) is 0 Å². The summed E-state index contributed by atoms with van der Waals surface area (Å²) in [5, 5.41) is 0. The molecule has 1 aromatic heterocycles. The van der Waals surface area contributed by atoms with Crippen LogP contribution in [0.25, 0.3) is 0 Å². The van der Waals surface area contributed by atoms with Gasteiger partial charge in [0.05, 0.1) is 12.8 Å². The molecule has 0 spiro atoms. The van der Waals surface area contributed by atoms with Crippen LogP contribution in [0, 0.1) is 0 Å². The van der Waals surface area contributed by atoms with Gasteiger partial charge in [-0.05, 0) is 18.6 Å². The molecule has 0 fully saturated rings. The van der Waals surface area contributed by atoms with Crippen LogP contribution < -0.4 is 0 Å². The fraction of sp³-hybridized carbons (Fsp3) is 0.400. The van der Waals surface area contributed by atoms with Crippen LogP contribution in [0.2, 0.25) is 0 Å². The van der Waals surface area contributed by atoms with Gasteiger partial charge < -0.3 is 9.32 Å². The molecule has 0 saturated heterocycles. The molecule has 2 aromatic rings. The Morgan fingerprint density at radius 3 is 2.13 bits per heavy atom. The maximum Gasteiger partial charge on any atom is 0.443 e. The Morgan fingerprint density at radius 2 is 1.60 bits per heavy atom. The highest BCUT2D eigenvalue weighted by molar-refractivity contribution is 6.10. The lowest BCUT2D eigenvalue weighted by atomic mass is 10.1. The number of hydrogen-bond acceptors (Lipinski definition) is 4. The van der Waals surface area contributed by atoms with E-state index in [9.17, 15) is 26.3 Å². The van der Waals surface area contributed by atoms with E-state index in [-0.39, 0.29) is 24.4 Å². The highest BCUT2D eigenvalue weighted by Crippen LogP contribution is 2.49. The van der Waals surface area contributed by atoms with Gasteiger partial charge in [-0.2, -0.15) is 26.3 Å². The van der Waals surface area contributed by atoms with Crippen LogP contribution in [-0.4, -0.2) is 34.6 Å². The molecule has 0 N–H and O–H groups in total. The van der Waals surface area contributed by atoms with Gasteiger partial charge in [0.2, 0.25) is 0 Å². The lowest BCUT2D eigenvalue weighted by molar-refractivity contribution is -0.293. The minimum absolute atomic E-state index is 0.0724. The van der Waals surface area contributed by atoms with Crippen molar-refractivity contribution < 1.29 is 30.8 Å². The fourth-order valence-electron chi connectivity index (χ4n) is 3.08.